The van der Waals surface area contributed by atoms with Crippen LogP contribution in [0.5, 0.6) is 0 Å². The fourth-order valence-electron chi connectivity index (χ4n) is 4.18. The molecule has 2 nitrogen and oxygen atoms in total. The van der Waals surface area contributed by atoms with E-state index in [4.69, 9.17) is 0 Å². The van der Waals surface area contributed by atoms with Gasteiger partial charge in [-0.2, -0.15) is 0 Å². The Bertz CT molecular complexity index is 258. The highest BCUT2D eigenvalue weighted by molar-refractivity contribution is 4.92. The van der Waals surface area contributed by atoms with Crippen molar-refractivity contribution in [3.05, 3.63) is 0 Å². The van der Waals surface area contributed by atoms with Crippen LogP contribution < -0.4 is 5.32 Å². The lowest BCUT2D eigenvalue weighted by molar-refractivity contribution is 0.168. The van der Waals surface area contributed by atoms with Crippen LogP contribution >= 0.6 is 0 Å². The largest absolute Gasteiger partial charge is 0.313 e. The van der Waals surface area contributed by atoms with Crippen LogP contribution in [0.2, 0.25) is 0 Å². The van der Waals surface area contributed by atoms with Crippen LogP contribution in [0.25, 0.3) is 0 Å². The number of piperidine rings is 1. The Balaban J connectivity index is 1.50. The molecule has 3 rings (SSSR count). The average Bonchev–Trinajstić information content (AvgIpc) is 2.72. The summed E-state index contributed by atoms with van der Waals surface area (Å²) in [6.45, 7) is 7.84. The third kappa shape index (κ3) is 2.68. The molecule has 2 heteroatoms. The van der Waals surface area contributed by atoms with E-state index in [1.165, 1.54) is 71.1 Å². The van der Waals surface area contributed by atoms with Gasteiger partial charge in [0.05, 0.1) is 0 Å². The van der Waals surface area contributed by atoms with Crippen molar-refractivity contribution in [3.63, 3.8) is 0 Å². The van der Waals surface area contributed by atoms with Crippen LogP contribution in [0.3, 0.4) is 0 Å². The molecule has 1 saturated carbocycles. The predicted molar refractivity (Wildman–Crippen MR) is 72.1 cm³/mol. The van der Waals surface area contributed by atoms with E-state index in [2.05, 4.69) is 17.1 Å². The van der Waals surface area contributed by atoms with Crippen LogP contribution in [0.4, 0.5) is 0 Å². The van der Waals surface area contributed by atoms with Crippen molar-refractivity contribution < 1.29 is 0 Å². The molecule has 2 bridgehead atoms. The van der Waals surface area contributed by atoms with Crippen LogP contribution in [-0.2, 0) is 0 Å². The Morgan fingerprint density at radius 3 is 2.71 bits per heavy atom. The Labute approximate surface area is 106 Å². The number of rotatable bonds is 3. The smallest absolute Gasteiger partial charge is 0.0120 e. The lowest BCUT2D eigenvalue weighted by Crippen LogP contribution is -2.47. The van der Waals surface area contributed by atoms with Crippen molar-refractivity contribution in [1.29, 1.82) is 0 Å². The van der Waals surface area contributed by atoms with Crippen molar-refractivity contribution in [2.24, 2.45) is 11.3 Å². The molecule has 1 N–H and O–H groups in total. The predicted octanol–water partition coefficient (Wildman–Crippen LogP) is 2.64. The van der Waals surface area contributed by atoms with Crippen molar-refractivity contribution >= 4 is 0 Å². The van der Waals surface area contributed by atoms with Gasteiger partial charge >= 0.3 is 0 Å². The minimum Gasteiger partial charge on any atom is -0.313 e. The molecule has 3 fully saturated rings. The van der Waals surface area contributed by atoms with Crippen LogP contribution in [0.1, 0.15) is 51.9 Å². The Kier molecular flexibility index (Phi) is 3.45. The molecule has 2 heterocycles. The molecule has 2 aliphatic heterocycles. The quantitative estimate of drug-likeness (QED) is 0.810. The molecule has 98 valence electrons. The molecule has 0 aromatic heterocycles. The Hall–Kier alpha value is -0.0800. The summed E-state index contributed by atoms with van der Waals surface area (Å²) in [6.07, 6.45) is 10.1. The highest BCUT2D eigenvalue weighted by Gasteiger charge is 2.35. The molecule has 3 aliphatic rings. The molecule has 1 aliphatic carbocycles. The zero-order chi connectivity index (χ0) is 11.7. The van der Waals surface area contributed by atoms with Gasteiger partial charge < -0.3 is 10.2 Å². The van der Waals surface area contributed by atoms with Gasteiger partial charge in [0.2, 0.25) is 0 Å². The molecule has 0 radical (unpaired) electrons. The summed E-state index contributed by atoms with van der Waals surface area (Å²) in [5.74, 6) is 0.955. The van der Waals surface area contributed by atoms with E-state index < -0.39 is 0 Å². The van der Waals surface area contributed by atoms with Gasteiger partial charge in [0, 0.05) is 19.1 Å². The number of nitrogens with zero attached hydrogens (tertiary/aromatic N) is 1. The molecule has 3 atom stereocenters. The topological polar surface area (TPSA) is 15.3 Å². The zero-order valence-electron chi connectivity index (χ0n) is 11.4. The fourth-order valence-corrected chi connectivity index (χ4v) is 4.18. The molecule has 0 aromatic carbocycles. The highest BCUT2D eigenvalue weighted by atomic mass is 15.2. The number of hydrogen-bond acceptors (Lipinski definition) is 2. The molecule has 3 unspecified atom stereocenters. The van der Waals surface area contributed by atoms with E-state index in [1.807, 2.05) is 0 Å². The second-order valence-electron chi connectivity index (χ2n) is 7.00. The standard InChI is InChI=1S/C15H28N2/c1-15(7-3-2-4-8-15)12-16-14-6-10-17-9-5-13(14)11-17/h13-14,16H,2-12H2,1H3. The minimum atomic E-state index is 0.605. The van der Waals surface area contributed by atoms with E-state index in [1.54, 1.807) is 0 Å². The van der Waals surface area contributed by atoms with Crippen molar-refractivity contribution in [2.75, 3.05) is 26.2 Å². The molecular weight excluding hydrogens is 208 g/mol. The molecule has 0 aromatic rings. The van der Waals surface area contributed by atoms with Gasteiger partial charge in [0.25, 0.3) is 0 Å². The molecule has 0 spiro atoms. The van der Waals surface area contributed by atoms with Crippen molar-refractivity contribution in [1.82, 2.24) is 10.2 Å². The first-order chi connectivity index (χ1) is 8.25. The first kappa shape index (κ1) is 12.0. The second-order valence-corrected chi connectivity index (χ2v) is 7.00. The average molecular weight is 236 g/mol. The summed E-state index contributed by atoms with van der Waals surface area (Å²) in [4.78, 5) is 2.64. The normalized spacial score (nSPS) is 40.4. The lowest BCUT2D eigenvalue weighted by atomic mass is 9.75. The molecule has 0 amide bonds. The third-order valence-corrected chi connectivity index (χ3v) is 5.49. The van der Waals surface area contributed by atoms with E-state index in [9.17, 15) is 0 Å². The maximum absolute atomic E-state index is 3.93. The van der Waals surface area contributed by atoms with Gasteiger partial charge in [-0.15, -0.1) is 0 Å². The van der Waals surface area contributed by atoms with Crippen molar-refractivity contribution in [3.8, 4) is 0 Å². The van der Waals surface area contributed by atoms with Gasteiger partial charge in [0.1, 0.15) is 0 Å². The van der Waals surface area contributed by atoms with E-state index in [-0.39, 0.29) is 0 Å². The zero-order valence-corrected chi connectivity index (χ0v) is 11.4. The molecule has 2 saturated heterocycles. The first-order valence-corrected chi connectivity index (χ1v) is 7.71. The van der Waals surface area contributed by atoms with E-state index >= 15 is 0 Å². The SMILES string of the molecule is CC1(CNC2CCN3CCC2C3)CCCCC1. The minimum absolute atomic E-state index is 0.605. The summed E-state index contributed by atoms with van der Waals surface area (Å²) < 4.78 is 0. The summed E-state index contributed by atoms with van der Waals surface area (Å²) in [5, 5.41) is 3.93. The lowest BCUT2D eigenvalue weighted by Gasteiger charge is -2.38. The first-order valence-electron chi connectivity index (χ1n) is 7.71. The maximum Gasteiger partial charge on any atom is 0.0120 e. The van der Waals surface area contributed by atoms with Crippen LogP contribution in [0.15, 0.2) is 0 Å². The van der Waals surface area contributed by atoms with E-state index in [0.29, 0.717) is 5.41 Å². The summed E-state index contributed by atoms with van der Waals surface area (Å²) in [5.41, 5.74) is 0.605. The molecule has 17 heavy (non-hydrogen) atoms. The van der Waals surface area contributed by atoms with Gasteiger partial charge in [-0.05, 0) is 50.1 Å². The Morgan fingerprint density at radius 2 is 1.88 bits per heavy atom. The third-order valence-electron chi connectivity index (χ3n) is 5.49. The number of hydrogen-bond donors (Lipinski definition) is 1. The summed E-state index contributed by atoms with van der Waals surface area (Å²) >= 11 is 0. The van der Waals surface area contributed by atoms with Gasteiger partial charge in [-0.25, -0.2) is 0 Å². The maximum atomic E-state index is 3.93. The summed E-state index contributed by atoms with van der Waals surface area (Å²) in [7, 11) is 0. The van der Waals surface area contributed by atoms with Gasteiger partial charge in [-0.3, -0.25) is 0 Å². The van der Waals surface area contributed by atoms with Gasteiger partial charge in [-0.1, -0.05) is 26.2 Å². The van der Waals surface area contributed by atoms with Crippen LogP contribution in [0, 0.1) is 11.3 Å². The fraction of sp³-hybridized carbons (Fsp3) is 1.00. The van der Waals surface area contributed by atoms with Gasteiger partial charge in [0.15, 0.2) is 0 Å². The monoisotopic (exact) mass is 236 g/mol. The van der Waals surface area contributed by atoms with Crippen molar-refractivity contribution in [2.45, 2.75) is 57.9 Å². The highest BCUT2D eigenvalue weighted by Crippen LogP contribution is 2.36. The number of nitrogens with one attached hydrogen (secondary N) is 1. The Morgan fingerprint density at radius 1 is 1.12 bits per heavy atom. The summed E-state index contributed by atoms with van der Waals surface area (Å²) in [6, 6.07) is 0.826. The second kappa shape index (κ2) is 4.89. The number of fused-ring (bicyclic) bond motifs is 2. The molecular formula is C15H28N2. The van der Waals surface area contributed by atoms with Crippen LogP contribution in [-0.4, -0.2) is 37.1 Å². The van der Waals surface area contributed by atoms with E-state index in [0.717, 1.165) is 12.0 Å².